The molecule has 0 radical (unpaired) electrons. The summed E-state index contributed by atoms with van der Waals surface area (Å²) in [6.07, 6.45) is 0. The van der Waals surface area contributed by atoms with Crippen molar-refractivity contribution in [1.29, 1.82) is 0 Å². The van der Waals surface area contributed by atoms with Crippen molar-refractivity contribution in [2.45, 2.75) is 13.0 Å². The van der Waals surface area contributed by atoms with Gasteiger partial charge in [-0.25, -0.2) is 8.78 Å². The molecule has 0 saturated heterocycles. The first-order valence-electron chi connectivity index (χ1n) is 7.62. The molecule has 6 heteroatoms. The summed E-state index contributed by atoms with van der Waals surface area (Å²) >= 11 is 0. The Bertz CT molecular complexity index is 772. The molecule has 2 amide bonds. The zero-order valence-electron chi connectivity index (χ0n) is 13.1. The topological polar surface area (TPSA) is 49.4 Å². The number of carbonyl (C=O) groups is 2. The van der Waals surface area contributed by atoms with E-state index in [9.17, 15) is 18.4 Å². The summed E-state index contributed by atoms with van der Waals surface area (Å²) < 4.78 is 26.2. The number of fused-ring (bicyclic) bond motifs is 1. The molecule has 0 unspecified atom stereocenters. The molecule has 0 spiro atoms. The monoisotopic (exact) mass is 330 g/mol. The molecular formula is C18H16F2N2O2. The number of carbonyl (C=O) groups excluding carboxylic acids is 2. The predicted octanol–water partition coefficient (Wildman–Crippen LogP) is 2.91. The standard InChI is InChI=1S/C18H16F2N2O2/c1-11(12-6-7-15(19)16(20)10-12)21-8-9-22-17(23)13-4-2-3-5-14(13)18(22)24/h2-7,10-11,21H,8-9H2,1H3/t11-/m0/s1. The van der Waals surface area contributed by atoms with E-state index in [1.54, 1.807) is 31.2 Å². The van der Waals surface area contributed by atoms with Crippen molar-refractivity contribution in [3.8, 4) is 0 Å². The van der Waals surface area contributed by atoms with Gasteiger partial charge in [0.15, 0.2) is 11.6 Å². The summed E-state index contributed by atoms with van der Waals surface area (Å²) in [4.78, 5) is 25.6. The molecule has 1 N–H and O–H groups in total. The molecule has 4 nitrogen and oxygen atoms in total. The number of nitrogens with one attached hydrogen (secondary N) is 1. The number of halogens is 2. The van der Waals surface area contributed by atoms with Crippen LogP contribution in [0.1, 0.15) is 39.2 Å². The van der Waals surface area contributed by atoms with Gasteiger partial charge in [0.25, 0.3) is 11.8 Å². The second kappa shape index (κ2) is 6.49. The lowest BCUT2D eigenvalue weighted by Gasteiger charge is -2.18. The maximum atomic E-state index is 13.3. The molecule has 0 aromatic heterocycles. The van der Waals surface area contributed by atoms with E-state index in [2.05, 4.69) is 5.32 Å². The van der Waals surface area contributed by atoms with Crippen LogP contribution in [0, 0.1) is 11.6 Å². The van der Waals surface area contributed by atoms with Gasteiger partial charge in [-0.15, -0.1) is 0 Å². The molecule has 2 aromatic carbocycles. The Morgan fingerprint density at radius 3 is 2.21 bits per heavy atom. The first-order valence-corrected chi connectivity index (χ1v) is 7.62. The highest BCUT2D eigenvalue weighted by molar-refractivity contribution is 6.21. The van der Waals surface area contributed by atoms with E-state index in [4.69, 9.17) is 0 Å². The fourth-order valence-electron chi connectivity index (χ4n) is 2.73. The van der Waals surface area contributed by atoms with E-state index in [1.807, 2.05) is 0 Å². The highest BCUT2D eigenvalue weighted by Crippen LogP contribution is 2.22. The van der Waals surface area contributed by atoms with Gasteiger partial charge in [-0.2, -0.15) is 0 Å². The van der Waals surface area contributed by atoms with E-state index >= 15 is 0 Å². The van der Waals surface area contributed by atoms with Gasteiger partial charge in [0.2, 0.25) is 0 Å². The molecule has 1 heterocycles. The lowest BCUT2D eigenvalue weighted by molar-refractivity contribution is 0.0654. The molecule has 1 atom stereocenters. The third kappa shape index (κ3) is 2.92. The number of benzene rings is 2. The Kier molecular flexibility index (Phi) is 4.40. The third-order valence-corrected chi connectivity index (χ3v) is 4.11. The minimum atomic E-state index is -0.901. The third-order valence-electron chi connectivity index (χ3n) is 4.11. The van der Waals surface area contributed by atoms with E-state index < -0.39 is 11.6 Å². The van der Waals surface area contributed by atoms with Gasteiger partial charge < -0.3 is 5.32 Å². The van der Waals surface area contributed by atoms with E-state index in [-0.39, 0.29) is 24.4 Å². The number of rotatable bonds is 5. The maximum Gasteiger partial charge on any atom is 0.261 e. The summed E-state index contributed by atoms with van der Waals surface area (Å²) in [6.45, 7) is 2.36. The van der Waals surface area contributed by atoms with Crippen molar-refractivity contribution in [2.75, 3.05) is 13.1 Å². The molecule has 24 heavy (non-hydrogen) atoms. The molecule has 0 saturated carbocycles. The zero-order chi connectivity index (χ0) is 17.3. The van der Waals surface area contributed by atoms with Gasteiger partial charge >= 0.3 is 0 Å². The van der Waals surface area contributed by atoms with Crippen molar-refractivity contribution < 1.29 is 18.4 Å². The quantitative estimate of drug-likeness (QED) is 0.858. The summed E-state index contributed by atoms with van der Waals surface area (Å²) in [5.41, 5.74) is 1.42. The van der Waals surface area contributed by atoms with Crippen LogP contribution in [0.25, 0.3) is 0 Å². The maximum absolute atomic E-state index is 13.3. The van der Waals surface area contributed by atoms with Crippen LogP contribution < -0.4 is 5.32 Å². The van der Waals surface area contributed by atoms with Crippen LogP contribution in [0.3, 0.4) is 0 Å². The average molecular weight is 330 g/mol. The van der Waals surface area contributed by atoms with E-state index in [0.717, 1.165) is 12.1 Å². The highest BCUT2D eigenvalue weighted by atomic mass is 19.2. The minimum absolute atomic E-state index is 0.209. The molecule has 0 aliphatic carbocycles. The molecule has 2 aromatic rings. The lowest BCUT2D eigenvalue weighted by Crippen LogP contribution is -2.37. The SMILES string of the molecule is C[C@H](NCCN1C(=O)c2ccccc2C1=O)c1ccc(F)c(F)c1. The van der Waals surface area contributed by atoms with Crippen molar-refractivity contribution in [2.24, 2.45) is 0 Å². The minimum Gasteiger partial charge on any atom is -0.308 e. The Balaban J connectivity index is 1.60. The van der Waals surface area contributed by atoms with Crippen LogP contribution in [0.4, 0.5) is 8.78 Å². The molecule has 3 rings (SSSR count). The van der Waals surface area contributed by atoms with Crippen LogP contribution in [-0.4, -0.2) is 29.8 Å². The number of imide groups is 1. The van der Waals surface area contributed by atoms with Gasteiger partial charge in [-0.3, -0.25) is 14.5 Å². The fraction of sp³-hybridized carbons (Fsp3) is 0.222. The Labute approximate surface area is 138 Å². The first kappa shape index (κ1) is 16.3. The van der Waals surface area contributed by atoms with Crippen LogP contribution in [0.5, 0.6) is 0 Å². The van der Waals surface area contributed by atoms with Crippen molar-refractivity contribution in [3.05, 3.63) is 70.8 Å². The summed E-state index contributed by atoms with van der Waals surface area (Å²) in [5, 5.41) is 3.11. The number of nitrogens with zero attached hydrogens (tertiary/aromatic N) is 1. The highest BCUT2D eigenvalue weighted by Gasteiger charge is 2.34. The number of amides is 2. The van der Waals surface area contributed by atoms with Crippen molar-refractivity contribution in [1.82, 2.24) is 10.2 Å². The molecule has 124 valence electrons. The van der Waals surface area contributed by atoms with E-state index in [1.165, 1.54) is 11.0 Å². The Hall–Kier alpha value is -2.60. The van der Waals surface area contributed by atoms with E-state index in [0.29, 0.717) is 23.2 Å². The lowest BCUT2D eigenvalue weighted by atomic mass is 10.1. The number of hydrogen-bond acceptors (Lipinski definition) is 3. The fourth-order valence-corrected chi connectivity index (χ4v) is 2.73. The first-order chi connectivity index (χ1) is 11.5. The second-order valence-electron chi connectivity index (χ2n) is 5.66. The molecule has 1 aliphatic rings. The summed E-state index contributed by atoms with van der Waals surface area (Å²) in [7, 11) is 0. The average Bonchev–Trinajstić information content (AvgIpc) is 2.82. The Morgan fingerprint density at radius 1 is 1.00 bits per heavy atom. The van der Waals surface area contributed by atoms with Crippen LogP contribution in [0.15, 0.2) is 42.5 Å². The predicted molar refractivity (Wildman–Crippen MR) is 84.6 cm³/mol. The van der Waals surface area contributed by atoms with Gasteiger partial charge in [-0.05, 0) is 36.8 Å². The molecule has 1 aliphatic heterocycles. The van der Waals surface area contributed by atoms with Gasteiger partial charge in [0.05, 0.1) is 11.1 Å². The van der Waals surface area contributed by atoms with Crippen LogP contribution in [-0.2, 0) is 0 Å². The smallest absolute Gasteiger partial charge is 0.261 e. The van der Waals surface area contributed by atoms with Crippen molar-refractivity contribution in [3.63, 3.8) is 0 Å². The van der Waals surface area contributed by atoms with Gasteiger partial charge in [-0.1, -0.05) is 18.2 Å². The van der Waals surface area contributed by atoms with Crippen LogP contribution >= 0.6 is 0 Å². The molecule has 0 fully saturated rings. The van der Waals surface area contributed by atoms with Gasteiger partial charge in [0, 0.05) is 19.1 Å². The molecular weight excluding hydrogens is 314 g/mol. The summed E-state index contributed by atoms with van der Waals surface area (Å²) in [6, 6.07) is 10.2. The largest absolute Gasteiger partial charge is 0.308 e. The van der Waals surface area contributed by atoms with Crippen molar-refractivity contribution >= 4 is 11.8 Å². The van der Waals surface area contributed by atoms with Crippen LogP contribution in [0.2, 0.25) is 0 Å². The normalized spacial score (nSPS) is 14.9. The summed E-state index contributed by atoms with van der Waals surface area (Å²) in [5.74, 6) is -2.41. The van der Waals surface area contributed by atoms with Gasteiger partial charge in [0.1, 0.15) is 0 Å². The number of hydrogen-bond donors (Lipinski definition) is 1. The zero-order valence-corrected chi connectivity index (χ0v) is 13.1. The molecule has 0 bridgehead atoms. The Morgan fingerprint density at radius 2 is 1.62 bits per heavy atom. The second-order valence-corrected chi connectivity index (χ2v) is 5.66.